The smallest absolute Gasteiger partial charge is 0.119 e. The van der Waals surface area contributed by atoms with Crippen molar-refractivity contribution in [3.63, 3.8) is 0 Å². The third-order valence-corrected chi connectivity index (χ3v) is 4.03. The minimum absolute atomic E-state index is 0.542. The number of hydrogen-bond donors (Lipinski definition) is 1. The van der Waals surface area contributed by atoms with Crippen molar-refractivity contribution in [2.45, 2.75) is 25.2 Å². The van der Waals surface area contributed by atoms with Crippen LogP contribution in [0.25, 0.3) is 10.8 Å². The average Bonchev–Trinajstić information content (AvgIpc) is 2.43. The molecule has 18 heavy (non-hydrogen) atoms. The fourth-order valence-corrected chi connectivity index (χ4v) is 3.00. The largest absolute Gasteiger partial charge is 0.497 e. The molecule has 1 atom stereocenters. The fourth-order valence-electron chi connectivity index (χ4n) is 3.00. The summed E-state index contributed by atoms with van der Waals surface area (Å²) >= 11 is 0. The summed E-state index contributed by atoms with van der Waals surface area (Å²) in [6, 6.07) is 10.9. The maximum Gasteiger partial charge on any atom is 0.119 e. The maximum atomic E-state index is 5.89. The molecule has 2 aromatic carbocycles. The van der Waals surface area contributed by atoms with Crippen molar-refractivity contribution in [2.24, 2.45) is 5.73 Å². The molecule has 2 aromatic rings. The quantitative estimate of drug-likeness (QED) is 0.876. The Balaban J connectivity index is 2.16. The molecule has 0 aromatic heterocycles. The average molecular weight is 241 g/mol. The van der Waals surface area contributed by atoms with Gasteiger partial charge in [-0.2, -0.15) is 0 Å². The van der Waals surface area contributed by atoms with Crippen molar-refractivity contribution in [1.29, 1.82) is 0 Å². The van der Waals surface area contributed by atoms with Crippen LogP contribution in [-0.2, 0) is 6.42 Å². The zero-order chi connectivity index (χ0) is 12.5. The van der Waals surface area contributed by atoms with Crippen molar-refractivity contribution in [3.8, 4) is 5.75 Å². The summed E-state index contributed by atoms with van der Waals surface area (Å²) in [6.07, 6.45) is 3.66. The zero-order valence-corrected chi connectivity index (χ0v) is 10.8. The van der Waals surface area contributed by atoms with E-state index in [1.165, 1.54) is 41.2 Å². The number of hydrogen-bond acceptors (Lipinski definition) is 2. The maximum absolute atomic E-state index is 5.89. The van der Waals surface area contributed by atoms with E-state index in [9.17, 15) is 0 Å². The molecule has 0 saturated heterocycles. The Morgan fingerprint density at radius 3 is 2.89 bits per heavy atom. The van der Waals surface area contributed by atoms with Crippen LogP contribution in [0.5, 0.6) is 5.75 Å². The molecule has 3 rings (SSSR count). The van der Waals surface area contributed by atoms with Gasteiger partial charge in [-0.1, -0.05) is 18.2 Å². The van der Waals surface area contributed by atoms with Gasteiger partial charge in [-0.25, -0.2) is 0 Å². The summed E-state index contributed by atoms with van der Waals surface area (Å²) in [5.41, 5.74) is 8.82. The highest BCUT2D eigenvalue weighted by atomic mass is 16.5. The molecular weight excluding hydrogens is 222 g/mol. The third kappa shape index (κ3) is 1.87. The van der Waals surface area contributed by atoms with Gasteiger partial charge in [0.25, 0.3) is 0 Å². The fraction of sp³-hybridized carbons (Fsp3) is 0.375. The molecule has 1 aliphatic rings. The molecule has 2 nitrogen and oxygen atoms in total. The van der Waals surface area contributed by atoms with Gasteiger partial charge >= 0.3 is 0 Å². The van der Waals surface area contributed by atoms with Gasteiger partial charge in [-0.05, 0) is 65.8 Å². The Bertz CT molecular complexity index is 577. The summed E-state index contributed by atoms with van der Waals surface area (Å²) in [5, 5.41) is 2.56. The van der Waals surface area contributed by atoms with Crippen LogP contribution in [0, 0.1) is 0 Å². The summed E-state index contributed by atoms with van der Waals surface area (Å²) < 4.78 is 5.29. The van der Waals surface area contributed by atoms with Gasteiger partial charge in [-0.3, -0.25) is 0 Å². The number of benzene rings is 2. The van der Waals surface area contributed by atoms with Gasteiger partial charge in [0, 0.05) is 0 Å². The molecule has 0 amide bonds. The normalized spacial score (nSPS) is 18.7. The molecule has 2 N–H and O–H groups in total. The summed E-state index contributed by atoms with van der Waals surface area (Å²) in [4.78, 5) is 0. The van der Waals surface area contributed by atoms with Gasteiger partial charge in [0.1, 0.15) is 5.75 Å². The number of nitrogens with two attached hydrogens (primary N) is 1. The predicted octanol–water partition coefficient (Wildman–Crippen LogP) is 3.23. The molecule has 0 saturated carbocycles. The zero-order valence-electron chi connectivity index (χ0n) is 10.8. The molecular formula is C16H19NO. The molecule has 94 valence electrons. The van der Waals surface area contributed by atoms with Gasteiger partial charge in [0.2, 0.25) is 0 Å². The second kappa shape index (κ2) is 4.62. The summed E-state index contributed by atoms with van der Waals surface area (Å²) in [5.74, 6) is 1.47. The molecule has 1 unspecified atom stereocenters. The van der Waals surface area contributed by atoms with Crippen LogP contribution >= 0.6 is 0 Å². The molecule has 0 spiro atoms. The highest BCUT2D eigenvalue weighted by Gasteiger charge is 2.19. The van der Waals surface area contributed by atoms with E-state index in [2.05, 4.69) is 24.3 Å². The van der Waals surface area contributed by atoms with Crippen LogP contribution in [0.15, 0.2) is 30.3 Å². The van der Waals surface area contributed by atoms with Gasteiger partial charge in [0.05, 0.1) is 7.11 Å². The number of aryl methyl sites for hydroxylation is 1. The van der Waals surface area contributed by atoms with Crippen LogP contribution in [0.4, 0.5) is 0 Å². The van der Waals surface area contributed by atoms with Gasteiger partial charge < -0.3 is 10.5 Å². The minimum Gasteiger partial charge on any atom is -0.497 e. The summed E-state index contributed by atoms with van der Waals surface area (Å²) in [6.45, 7) is 0.759. The predicted molar refractivity (Wildman–Crippen MR) is 75.2 cm³/mol. The van der Waals surface area contributed by atoms with Gasteiger partial charge in [-0.15, -0.1) is 0 Å². The molecule has 0 radical (unpaired) electrons. The first-order chi connectivity index (χ1) is 8.81. The number of rotatable bonds is 2. The minimum atomic E-state index is 0.542. The van der Waals surface area contributed by atoms with E-state index in [-0.39, 0.29) is 0 Å². The molecule has 2 heteroatoms. The Morgan fingerprint density at radius 1 is 1.22 bits per heavy atom. The SMILES string of the molecule is COc1ccc2cc3c(cc2c1)CCCC3CN. The second-order valence-electron chi connectivity index (χ2n) is 5.09. The van der Waals surface area contributed by atoms with E-state index in [4.69, 9.17) is 10.5 Å². The highest BCUT2D eigenvalue weighted by molar-refractivity contribution is 5.85. The van der Waals surface area contributed by atoms with Crippen LogP contribution in [0.2, 0.25) is 0 Å². The molecule has 0 bridgehead atoms. The highest BCUT2D eigenvalue weighted by Crippen LogP contribution is 2.34. The van der Waals surface area contributed by atoms with Gasteiger partial charge in [0.15, 0.2) is 0 Å². The molecule has 0 fully saturated rings. The Kier molecular flexibility index (Phi) is 2.96. The Labute approximate surface area is 108 Å². The third-order valence-electron chi connectivity index (χ3n) is 4.03. The van der Waals surface area contributed by atoms with Crippen LogP contribution in [0.3, 0.4) is 0 Å². The lowest BCUT2D eigenvalue weighted by Crippen LogP contribution is -2.18. The Hall–Kier alpha value is -1.54. The van der Waals surface area contributed by atoms with E-state index in [1.54, 1.807) is 7.11 Å². The van der Waals surface area contributed by atoms with E-state index in [0.29, 0.717) is 5.92 Å². The van der Waals surface area contributed by atoms with Crippen LogP contribution < -0.4 is 10.5 Å². The number of fused-ring (bicyclic) bond motifs is 2. The van der Waals surface area contributed by atoms with E-state index >= 15 is 0 Å². The lowest BCUT2D eigenvalue weighted by molar-refractivity contribution is 0.415. The second-order valence-corrected chi connectivity index (χ2v) is 5.09. The lowest BCUT2D eigenvalue weighted by Gasteiger charge is -2.25. The van der Waals surface area contributed by atoms with Crippen molar-refractivity contribution >= 4 is 10.8 Å². The standard InChI is InChI=1S/C16H19NO/c1-18-15-6-5-11-9-16-12(7-14(11)8-15)3-2-4-13(16)10-17/h5-9,13H,2-4,10,17H2,1H3. The first kappa shape index (κ1) is 11.5. The molecule has 0 heterocycles. The monoisotopic (exact) mass is 241 g/mol. The van der Waals surface area contributed by atoms with Crippen LogP contribution in [-0.4, -0.2) is 13.7 Å². The molecule has 1 aliphatic carbocycles. The van der Waals surface area contributed by atoms with Crippen molar-refractivity contribution in [1.82, 2.24) is 0 Å². The lowest BCUT2D eigenvalue weighted by atomic mass is 9.81. The topological polar surface area (TPSA) is 35.2 Å². The van der Waals surface area contributed by atoms with E-state index < -0.39 is 0 Å². The first-order valence-corrected chi connectivity index (χ1v) is 6.62. The number of methoxy groups -OCH3 is 1. The van der Waals surface area contributed by atoms with E-state index in [0.717, 1.165) is 12.3 Å². The Morgan fingerprint density at radius 2 is 2.11 bits per heavy atom. The number of ether oxygens (including phenoxy) is 1. The van der Waals surface area contributed by atoms with Crippen molar-refractivity contribution in [2.75, 3.05) is 13.7 Å². The summed E-state index contributed by atoms with van der Waals surface area (Å²) in [7, 11) is 1.71. The van der Waals surface area contributed by atoms with E-state index in [1.807, 2.05) is 6.07 Å². The first-order valence-electron chi connectivity index (χ1n) is 6.62. The van der Waals surface area contributed by atoms with Crippen molar-refractivity contribution in [3.05, 3.63) is 41.5 Å². The molecule has 0 aliphatic heterocycles. The van der Waals surface area contributed by atoms with Crippen molar-refractivity contribution < 1.29 is 4.74 Å². The van der Waals surface area contributed by atoms with Crippen LogP contribution in [0.1, 0.15) is 29.9 Å².